The molecule has 0 aliphatic rings. The van der Waals surface area contributed by atoms with Crippen LogP contribution >= 0.6 is 0 Å². The van der Waals surface area contributed by atoms with E-state index in [4.69, 9.17) is 15.9 Å². The summed E-state index contributed by atoms with van der Waals surface area (Å²) >= 11 is 0. The molecule has 0 fully saturated rings. The quantitative estimate of drug-likeness (QED) is 0.390. The van der Waals surface area contributed by atoms with Gasteiger partial charge in [-0.05, 0) is 19.8 Å². The molecule has 3 atom stereocenters. The van der Waals surface area contributed by atoms with E-state index in [9.17, 15) is 10.2 Å². The predicted molar refractivity (Wildman–Crippen MR) is 85.3 cm³/mol. The molecule has 7 heteroatoms. The smallest absolute Gasteiger partial charge is 0.108 e. The lowest BCUT2D eigenvalue weighted by Gasteiger charge is -2.23. The van der Waals surface area contributed by atoms with Crippen molar-refractivity contribution >= 4 is 0 Å². The van der Waals surface area contributed by atoms with Crippen molar-refractivity contribution in [1.29, 1.82) is 0 Å². The summed E-state index contributed by atoms with van der Waals surface area (Å²) in [6.07, 6.45) is 7.17. The minimum Gasteiger partial charge on any atom is -0.393 e. The fraction of sp³-hybridized carbons (Fsp3) is 0.750. The average molecular weight is 325 g/mol. The molecule has 0 saturated carbocycles. The fourth-order valence-electron chi connectivity index (χ4n) is 1.86. The summed E-state index contributed by atoms with van der Waals surface area (Å²) in [5.74, 6) is 2.70. The van der Waals surface area contributed by atoms with Gasteiger partial charge in [0, 0.05) is 13.0 Å². The largest absolute Gasteiger partial charge is 0.393 e. The zero-order valence-corrected chi connectivity index (χ0v) is 13.9. The minimum absolute atomic E-state index is 0.161. The third-order valence-electron chi connectivity index (χ3n) is 3.71. The summed E-state index contributed by atoms with van der Waals surface area (Å²) < 4.78 is 10.8. The highest BCUT2D eigenvalue weighted by Crippen LogP contribution is 2.19. The van der Waals surface area contributed by atoms with Crippen LogP contribution in [0.5, 0.6) is 0 Å². The number of aliphatic hydroxyl groups is 2. The number of aromatic amines is 1. The molecule has 0 saturated heterocycles. The van der Waals surface area contributed by atoms with Gasteiger partial charge in [-0.2, -0.15) is 15.4 Å². The standard InChI is InChI=1S/C16H27N3O4/c1-4-16(3,5-2)12-23-11-15(21)8-14(20)6-7-22-10-13-9-17-19-18-13/h1,9,14-15,20-21H,5-8,10-12H2,2-3H3,(H,17,18,19)/t14-,15+,16?/m1/s1. The molecule has 1 aromatic rings. The van der Waals surface area contributed by atoms with Gasteiger partial charge >= 0.3 is 0 Å². The molecule has 0 spiro atoms. The van der Waals surface area contributed by atoms with Crippen LogP contribution in [0.15, 0.2) is 6.20 Å². The van der Waals surface area contributed by atoms with Gasteiger partial charge in [0.15, 0.2) is 0 Å². The number of rotatable bonds is 12. The zero-order valence-electron chi connectivity index (χ0n) is 13.9. The Labute approximate surface area is 137 Å². The highest BCUT2D eigenvalue weighted by atomic mass is 16.5. The van der Waals surface area contributed by atoms with Crippen molar-refractivity contribution in [2.24, 2.45) is 5.41 Å². The Balaban J connectivity index is 2.09. The van der Waals surface area contributed by atoms with E-state index in [0.717, 1.165) is 6.42 Å². The van der Waals surface area contributed by atoms with Crippen molar-refractivity contribution in [3.63, 3.8) is 0 Å². The number of nitrogens with zero attached hydrogens (tertiary/aromatic N) is 2. The number of hydrogen-bond acceptors (Lipinski definition) is 6. The van der Waals surface area contributed by atoms with E-state index >= 15 is 0 Å². The van der Waals surface area contributed by atoms with E-state index in [2.05, 4.69) is 21.3 Å². The summed E-state index contributed by atoms with van der Waals surface area (Å²) in [6, 6.07) is 0. The van der Waals surface area contributed by atoms with Crippen LogP contribution < -0.4 is 0 Å². The number of nitrogens with one attached hydrogen (secondary N) is 1. The summed E-state index contributed by atoms with van der Waals surface area (Å²) in [4.78, 5) is 0. The van der Waals surface area contributed by atoms with Crippen LogP contribution in [-0.2, 0) is 16.1 Å². The lowest BCUT2D eigenvalue weighted by atomic mass is 9.90. The molecule has 0 radical (unpaired) electrons. The predicted octanol–water partition coefficient (Wildman–Crippen LogP) is 0.889. The van der Waals surface area contributed by atoms with Crippen LogP contribution in [0.1, 0.15) is 38.8 Å². The molecule has 0 amide bonds. The Hall–Kier alpha value is -1.46. The highest BCUT2D eigenvalue weighted by Gasteiger charge is 2.20. The molecule has 3 N–H and O–H groups in total. The number of terminal acetylenes is 1. The summed E-state index contributed by atoms with van der Waals surface area (Å²) in [5.41, 5.74) is 0.397. The maximum absolute atomic E-state index is 9.87. The Bertz CT molecular complexity index is 460. The molecule has 23 heavy (non-hydrogen) atoms. The first-order chi connectivity index (χ1) is 11.0. The summed E-state index contributed by atoms with van der Waals surface area (Å²) in [7, 11) is 0. The van der Waals surface area contributed by atoms with Crippen LogP contribution in [0, 0.1) is 17.8 Å². The van der Waals surface area contributed by atoms with Crippen molar-refractivity contribution in [3.05, 3.63) is 11.9 Å². The van der Waals surface area contributed by atoms with Gasteiger partial charge in [-0.25, -0.2) is 0 Å². The molecule has 0 aromatic carbocycles. The second kappa shape index (κ2) is 10.3. The molecule has 130 valence electrons. The third-order valence-corrected chi connectivity index (χ3v) is 3.71. The number of aromatic nitrogens is 3. The van der Waals surface area contributed by atoms with E-state index in [1.807, 2.05) is 13.8 Å². The Morgan fingerprint density at radius 3 is 2.78 bits per heavy atom. The van der Waals surface area contributed by atoms with Crippen molar-refractivity contribution in [1.82, 2.24) is 15.4 Å². The van der Waals surface area contributed by atoms with Gasteiger partial charge in [-0.15, -0.1) is 6.42 Å². The zero-order chi connectivity index (χ0) is 17.1. The molecule has 1 aromatic heterocycles. The first-order valence-electron chi connectivity index (χ1n) is 7.83. The van der Waals surface area contributed by atoms with Crippen molar-refractivity contribution in [2.75, 3.05) is 19.8 Å². The molecule has 1 heterocycles. The highest BCUT2D eigenvalue weighted by molar-refractivity contribution is 5.02. The Morgan fingerprint density at radius 2 is 2.17 bits per heavy atom. The van der Waals surface area contributed by atoms with Crippen LogP contribution in [0.25, 0.3) is 0 Å². The Morgan fingerprint density at radius 1 is 1.39 bits per heavy atom. The van der Waals surface area contributed by atoms with Crippen LogP contribution in [0.2, 0.25) is 0 Å². The fourth-order valence-corrected chi connectivity index (χ4v) is 1.86. The maximum atomic E-state index is 9.87. The van der Waals surface area contributed by atoms with Gasteiger partial charge in [-0.3, -0.25) is 0 Å². The van der Waals surface area contributed by atoms with Crippen LogP contribution in [-0.4, -0.2) is 57.7 Å². The van der Waals surface area contributed by atoms with Gasteiger partial charge < -0.3 is 19.7 Å². The molecular formula is C16H27N3O4. The van der Waals surface area contributed by atoms with Crippen molar-refractivity contribution in [2.45, 2.75) is 51.9 Å². The van der Waals surface area contributed by atoms with Gasteiger partial charge in [0.2, 0.25) is 0 Å². The van der Waals surface area contributed by atoms with Gasteiger partial charge in [0.1, 0.15) is 5.69 Å². The molecule has 0 aliphatic heterocycles. The monoisotopic (exact) mass is 325 g/mol. The minimum atomic E-state index is -0.723. The molecule has 7 nitrogen and oxygen atoms in total. The number of hydrogen-bond donors (Lipinski definition) is 3. The maximum Gasteiger partial charge on any atom is 0.108 e. The van der Waals surface area contributed by atoms with E-state index < -0.39 is 12.2 Å². The summed E-state index contributed by atoms with van der Waals surface area (Å²) in [6.45, 7) is 5.23. The van der Waals surface area contributed by atoms with E-state index in [0.29, 0.717) is 31.9 Å². The topological polar surface area (TPSA) is 100 Å². The normalized spacial score (nSPS) is 16.5. The molecule has 0 aliphatic carbocycles. The first kappa shape index (κ1) is 19.6. The van der Waals surface area contributed by atoms with Gasteiger partial charge in [-0.1, -0.05) is 12.8 Å². The van der Waals surface area contributed by atoms with E-state index in [-0.39, 0.29) is 18.4 Å². The van der Waals surface area contributed by atoms with Crippen LogP contribution in [0.3, 0.4) is 0 Å². The first-order valence-corrected chi connectivity index (χ1v) is 7.83. The molecule has 0 bridgehead atoms. The number of aliphatic hydroxyl groups excluding tert-OH is 2. The van der Waals surface area contributed by atoms with Gasteiger partial charge in [0.25, 0.3) is 0 Å². The van der Waals surface area contributed by atoms with E-state index in [1.165, 1.54) is 0 Å². The molecular weight excluding hydrogens is 298 g/mol. The van der Waals surface area contributed by atoms with Crippen molar-refractivity contribution in [3.8, 4) is 12.3 Å². The molecule has 1 rings (SSSR count). The second-order valence-corrected chi connectivity index (χ2v) is 5.92. The van der Waals surface area contributed by atoms with E-state index in [1.54, 1.807) is 6.20 Å². The molecule has 1 unspecified atom stereocenters. The Kier molecular flexibility index (Phi) is 8.81. The summed E-state index contributed by atoms with van der Waals surface area (Å²) in [5, 5.41) is 29.8. The lowest BCUT2D eigenvalue weighted by Crippen LogP contribution is -2.27. The lowest BCUT2D eigenvalue weighted by molar-refractivity contribution is -0.0170. The third kappa shape index (κ3) is 8.09. The number of H-pyrrole nitrogens is 1. The number of ether oxygens (including phenoxy) is 2. The van der Waals surface area contributed by atoms with Crippen LogP contribution in [0.4, 0.5) is 0 Å². The van der Waals surface area contributed by atoms with Crippen molar-refractivity contribution < 1.29 is 19.7 Å². The average Bonchev–Trinajstić information content (AvgIpc) is 3.04. The SMILES string of the molecule is C#CC(C)(CC)COC[C@@H](O)C[C@H](O)CCOCc1cn[nH]n1. The van der Waals surface area contributed by atoms with Gasteiger partial charge in [0.05, 0.1) is 43.6 Å². The second-order valence-electron chi connectivity index (χ2n) is 5.92.